The maximum absolute atomic E-state index is 5.51. The fraction of sp³-hybridized carbons (Fsp3) is 0.611. The zero-order chi connectivity index (χ0) is 16.4. The Bertz CT molecular complexity index is 680. The molecule has 0 unspecified atom stereocenters. The fourth-order valence-corrected chi connectivity index (χ4v) is 3.93. The van der Waals surface area contributed by atoms with Crippen LogP contribution in [0.5, 0.6) is 0 Å². The number of rotatable bonds is 3. The maximum Gasteiger partial charge on any atom is 0.107 e. The van der Waals surface area contributed by atoms with Crippen molar-refractivity contribution in [2.45, 2.75) is 37.6 Å². The summed E-state index contributed by atoms with van der Waals surface area (Å²) in [4.78, 5) is 16.2. The summed E-state index contributed by atoms with van der Waals surface area (Å²) < 4.78 is 7.50. The summed E-state index contributed by atoms with van der Waals surface area (Å²) in [6, 6.07) is 0.676. The summed E-state index contributed by atoms with van der Waals surface area (Å²) in [6.07, 6.45) is 12.2. The minimum Gasteiger partial charge on any atom is -0.381 e. The first-order valence-corrected chi connectivity index (χ1v) is 8.91. The van der Waals surface area contributed by atoms with Gasteiger partial charge in [0.2, 0.25) is 0 Å². The van der Waals surface area contributed by atoms with Crippen molar-refractivity contribution in [3.05, 3.63) is 30.6 Å². The monoisotopic (exact) mass is 327 g/mol. The molecule has 24 heavy (non-hydrogen) atoms. The van der Waals surface area contributed by atoms with Gasteiger partial charge in [0.1, 0.15) is 5.69 Å². The van der Waals surface area contributed by atoms with Crippen LogP contribution >= 0.6 is 0 Å². The van der Waals surface area contributed by atoms with Gasteiger partial charge in [-0.2, -0.15) is 0 Å². The number of likely N-dealkylation sites (tertiary alicyclic amines) is 1. The highest BCUT2D eigenvalue weighted by Crippen LogP contribution is 2.29. The molecule has 0 bridgehead atoms. The molecule has 2 aromatic rings. The SMILES string of the molecule is Cn1cncc1-c1cncc([C@@H]2CCCN(C3CCOCC3)C2)n1. The molecule has 0 aromatic carbocycles. The Hall–Kier alpha value is -1.79. The first kappa shape index (κ1) is 15.7. The molecule has 0 aliphatic carbocycles. The summed E-state index contributed by atoms with van der Waals surface area (Å²) in [7, 11) is 1.99. The summed E-state index contributed by atoms with van der Waals surface area (Å²) in [6.45, 7) is 4.10. The van der Waals surface area contributed by atoms with Crippen LogP contribution in [0.4, 0.5) is 0 Å². The van der Waals surface area contributed by atoms with E-state index in [0.717, 1.165) is 49.7 Å². The van der Waals surface area contributed by atoms with Crippen molar-refractivity contribution in [2.75, 3.05) is 26.3 Å². The number of imidazole rings is 1. The standard InChI is InChI=1S/C18H25N5O/c1-22-13-20-11-18(22)17-10-19-9-16(21-17)14-3-2-6-23(12-14)15-4-7-24-8-5-15/h9-11,13-15H,2-8,12H2,1H3/t14-/m1/s1. The van der Waals surface area contributed by atoms with Crippen LogP contribution in [0.2, 0.25) is 0 Å². The van der Waals surface area contributed by atoms with Crippen molar-refractivity contribution in [2.24, 2.45) is 7.05 Å². The van der Waals surface area contributed by atoms with Crippen LogP contribution in [0.15, 0.2) is 24.9 Å². The zero-order valence-corrected chi connectivity index (χ0v) is 14.3. The van der Waals surface area contributed by atoms with Gasteiger partial charge >= 0.3 is 0 Å². The Kier molecular flexibility index (Phi) is 4.58. The molecule has 0 N–H and O–H groups in total. The average molecular weight is 327 g/mol. The highest BCUT2D eigenvalue weighted by molar-refractivity contribution is 5.52. The van der Waals surface area contributed by atoms with E-state index in [1.807, 2.05) is 30.2 Å². The second-order valence-electron chi connectivity index (χ2n) is 6.90. The molecule has 4 rings (SSSR count). The van der Waals surface area contributed by atoms with Crippen LogP contribution in [0, 0.1) is 0 Å². The van der Waals surface area contributed by atoms with E-state index in [2.05, 4.69) is 14.9 Å². The first-order chi connectivity index (χ1) is 11.8. The molecule has 2 saturated heterocycles. The van der Waals surface area contributed by atoms with Gasteiger partial charge in [-0.05, 0) is 32.2 Å². The predicted molar refractivity (Wildman–Crippen MR) is 91.6 cm³/mol. The van der Waals surface area contributed by atoms with Crippen molar-refractivity contribution in [1.29, 1.82) is 0 Å². The first-order valence-electron chi connectivity index (χ1n) is 8.91. The van der Waals surface area contributed by atoms with Crippen LogP contribution in [0.25, 0.3) is 11.4 Å². The Morgan fingerprint density at radius 1 is 1.08 bits per heavy atom. The molecule has 6 nitrogen and oxygen atoms in total. The van der Waals surface area contributed by atoms with Gasteiger partial charge in [-0.1, -0.05) is 0 Å². The van der Waals surface area contributed by atoms with E-state index in [-0.39, 0.29) is 0 Å². The minimum absolute atomic E-state index is 0.474. The second kappa shape index (κ2) is 6.99. The smallest absolute Gasteiger partial charge is 0.107 e. The summed E-state index contributed by atoms with van der Waals surface area (Å²) >= 11 is 0. The normalized spacial score (nSPS) is 23.5. The van der Waals surface area contributed by atoms with Crippen molar-refractivity contribution in [3.8, 4) is 11.4 Å². The van der Waals surface area contributed by atoms with Crippen LogP contribution in [0.3, 0.4) is 0 Å². The van der Waals surface area contributed by atoms with Crippen molar-refractivity contribution >= 4 is 0 Å². The van der Waals surface area contributed by atoms with E-state index < -0.39 is 0 Å². The number of ether oxygens (including phenoxy) is 1. The van der Waals surface area contributed by atoms with Crippen molar-refractivity contribution < 1.29 is 4.74 Å². The van der Waals surface area contributed by atoms with Crippen LogP contribution in [-0.2, 0) is 11.8 Å². The lowest BCUT2D eigenvalue weighted by Crippen LogP contribution is -2.44. The Morgan fingerprint density at radius 2 is 1.96 bits per heavy atom. The molecule has 0 amide bonds. The zero-order valence-electron chi connectivity index (χ0n) is 14.3. The van der Waals surface area contributed by atoms with Crippen LogP contribution in [-0.4, -0.2) is 56.8 Å². The predicted octanol–water partition coefficient (Wildman–Crippen LogP) is 2.24. The Labute approximate surface area is 142 Å². The lowest BCUT2D eigenvalue weighted by molar-refractivity contribution is 0.0237. The maximum atomic E-state index is 5.51. The molecule has 1 atom stereocenters. The topological polar surface area (TPSA) is 56.1 Å². The lowest BCUT2D eigenvalue weighted by Gasteiger charge is -2.39. The minimum atomic E-state index is 0.474. The third-order valence-electron chi connectivity index (χ3n) is 5.31. The van der Waals surface area contributed by atoms with Gasteiger partial charge in [0, 0.05) is 45.0 Å². The van der Waals surface area contributed by atoms with Gasteiger partial charge in [-0.25, -0.2) is 9.97 Å². The second-order valence-corrected chi connectivity index (χ2v) is 6.90. The van der Waals surface area contributed by atoms with Gasteiger partial charge in [0.05, 0.1) is 30.1 Å². The van der Waals surface area contributed by atoms with E-state index in [4.69, 9.17) is 9.72 Å². The average Bonchev–Trinajstić information content (AvgIpc) is 3.09. The molecule has 6 heteroatoms. The molecule has 2 aromatic heterocycles. The van der Waals surface area contributed by atoms with Gasteiger partial charge in [-0.3, -0.25) is 9.88 Å². The fourth-order valence-electron chi connectivity index (χ4n) is 3.93. The molecule has 2 aliphatic rings. The highest BCUT2D eigenvalue weighted by Gasteiger charge is 2.28. The van der Waals surface area contributed by atoms with Crippen LogP contribution in [0.1, 0.15) is 37.3 Å². The van der Waals surface area contributed by atoms with Crippen molar-refractivity contribution in [3.63, 3.8) is 0 Å². The molecular formula is C18H25N5O. The molecular weight excluding hydrogens is 302 g/mol. The van der Waals surface area contributed by atoms with E-state index in [9.17, 15) is 0 Å². The van der Waals surface area contributed by atoms with Crippen LogP contribution < -0.4 is 0 Å². The van der Waals surface area contributed by atoms with Gasteiger partial charge in [-0.15, -0.1) is 0 Å². The molecule has 4 heterocycles. The Morgan fingerprint density at radius 3 is 2.75 bits per heavy atom. The molecule has 0 saturated carbocycles. The number of aromatic nitrogens is 4. The molecule has 0 spiro atoms. The number of aryl methyl sites for hydroxylation is 1. The highest BCUT2D eigenvalue weighted by atomic mass is 16.5. The summed E-state index contributed by atoms with van der Waals surface area (Å²) in [5.74, 6) is 0.474. The van der Waals surface area contributed by atoms with Gasteiger partial charge < -0.3 is 9.30 Å². The quantitative estimate of drug-likeness (QED) is 0.865. The van der Waals surface area contributed by atoms with E-state index in [1.165, 1.54) is 19.4 Å². The van der Waals surface area contributed by atoms with Gasteiger partial charge in [0.15, 0.2) is 0 Å². The largest absolute Gasteiger partial charge is 0.381 e. The molecule has 0 radical (unpaired) electrons. The van der Waals surface area contributed by atoms with Crippen molar-refractivity contribution in [1.82, 2.24) is 24.4 Å². The number of hydrogen-bond donors (Lipinski definition) is 0. The molecule has 2 aliphatic heterocycles. The number of piperidine rings is 1. The number of hydrogen-bond acceptors (Lipinski definition) is 5. The molecule has 2 fully saturated rings. The van der Waals surface area contributed by atoms with E-state index in [0.29, 0.717) is 12.0 Å². The summed E-state index contributed by atoms with van der Waals surface area (Å²) in [5, 5.41) is 0. The number of nitrogens with zero attached hydrogens (tertiary/aromatic N) is 5. The van der Waals surface area contributed by atoms with Gasteiger partial charge in [0.25, 0.3) is 0 Å². The summed E-state index contributed by atoms with van der Waals surface area (Å²) in [5.41, 5.74) is 3.04. The lowest BCUT2D eigenvalue weighted by atomic mass is 9.92. The van der Waals surface area contributed by atoms with E-state index >= 15 is 0 Å². The van der Waals surface area contributed by atoms with E-state index in [1.54, 1.807) is 6.33 Å². The molecule has 128 valence electrons. The Balaban J connectivity index is 1.52. The third kappa shape index (κ3) is 3.21. The third-order valence-corrected chi connectivity index (χ3v) is 5.31.